The summed E-state index contributed by atoms with van der Waals surface area (Å²) in [6.07, 6.45) is 0. The largest absolute Gasteiger partial charge is 0.389 e. The van der Waals surface area contributed by atoms with Crippen LogP contribution in [0.3, 0.4) is 0 Å². The quantitative estimate of drug-likeness (QED) is 0.881. The monoisotopic (exact) mass is 295 g/mol. The summed E-state index contributed by atoms with van der Waals surface area (Å²) in [6.45, 7) is 2.54. The van der Waals surface area contributed by atoms with Gasteiger partial charge in [0.25, 0.3) is 0 Å². The van der Waals surface area contributed by atoms with Gasteiger partial charge in [-0.25, -0.2) is 9.37 Å². The maximum atomic E-state index is 13.8. The van der Waals surface area contributed by atoms with Crippen LogP contribution in [0.1, 0.15) is 16.3 Å². The van der Waals surface area contributed by atoms with Gasteiger partial charge in [0.1, 0.15) is 10.8 Å². The predicted octanol–water partition coefficient (Wildman–Crippen LogP) is 2.86. The molecule has 3 nitrogen and oxygen atoms in total. The minimum atomic E-state index is -0.397. The number of nitrogens with zero attached hydrogens (tertiary/aromatic N) is 2. The van der Waals surface area contributed by atoms with E-state index in [-0.39, 0.29) is 10.6 Å². The van der Waals surface area contributed by atoms with Gasteiger partial charge in [-0.05, 0) is 19.1 Å². The highest BCUT2D eigenvalue weighted by molar-refractivity contribution is 7.80. The molecule has 0 fully saturated rings. The first kappa shape index (κ1) is 13.9. The minimum absolute atomic E-state index is 0.0643. The predicted molar refractivity (Wildman–Crippen MR) is 81.2 cm³/mol. The van der Waals surface area contributed by atoms with Crippen LogP contribution >= 0.6 is 23.6 Å². The first-order chi connectivity index (χ1) is 8.99. The molecule has 0 saturated carbocycles. The van der Waals surface area contributed by atoms with E-state index in [1.165, 1.54) is 6.07 Å². The SMILES string of the molecule is Cc1nc(CN(C)c2cccc(F)c2C(N)=S)cs1. The molecule has 2 aromatic rings. The number of thiocarbonyl (C=S) groups is 1. The van der Waals surface area contributed by atoms with Crippen molar-refractivity contribution in [3.63, 3.8) is 0 Å². The Kier molecular flexibility index (Phi) is 4.11. The minimum Gasteiger partial charge on any atom is -0.389 e. The van der Waals surface area contributed by atoms with E-state index in [9.17, 15) is 4.39 Å². The zero-order valence-electron chi connectivity index (χ0n) is 10.7. The number of thiazole rings is 1. The summed E-state index contributed by atoms with van der Waals surface area (Å²) in [6, 6.07) is 4.81. The molecular weight excluding hydrogens is 281 g/mol. The first-order valence-corrected chi connectivity index (χ1v) is 6.98. The number of benzene rings is 1. The molecule has 19 heavy (non-hydrogen) atoms. The van der Waals surface area contributed by atoms with E-state index >= 15 is 0 Å². The fraction of sp³-hybridized carbons (Fsp3) is 0.231. The Morgan fingerprint density at radius 1 is 1.53 bits per heavy atom. The lowest BCUT2D eigenvalue weighted by Crippen LogP contribution is -2.22. The van der Waals surface area contributed by atoms with Crippen LogP contribution < -0.4 is 10.6 Å². The molecule has 6 heteroatoms. The van der Waals surface area contributed by atoms with E-state index < -0.39 is 5.82 Å². The highest BCUT2D eigenvalue weighted by atomic mass is 32.1. The Labute approximate surface area is 120 Å². The zero-order chi connectivity index (χ0) is 14.0. The average Bonchev–Trinajstić information content (AvgIpc) is 2.73. The van der Waals surface area contributed by atoms with Crippen LogP contribution in [0.15, 0.2) is 23.6 Å². The number of hydrogen-bond donors (Lipinski definition) is 1. The summed E-state index contributed by atoms with van der Waals surface area (Å²) < 4.78 is 13.8. The van der Waals surface area contributed by atoms with Gasteiger partial charge in [-0.15, -0.1) is 11.3 Å². The van der Waals surface area contributed by atoms with E-state index in [0.717, 1.165) is 10.7 Å². The molecule has 0 radical (unpaired) electrons. The lowest BCUT2D eigenvalue weighted by atomic mass is 10.1. The van der Waals surface area contributed by atoms with Crippen molar-refractivity contribution in [3.8, 4) is 0 Å². The van der Waals surface area contributed by atoms with Crippen molar-refractivity contribution < 1.29 is 4.39 Å². The number of anilines is 1. The van der Waals surface area contributed by atoms with Gasteiger partial charge in [-0.1, -0.05) is 18.3 Å². The summed E-state index contributed by atoms with van der Waals surface area (Å²) >= 11 is 6.52. The van der Waals surface area contributed by atoms with E-state index in [0.29, 0.717) is 12.2 Å². The van der Waals surface area contributed by atoms with Crippen molar-refractivity contribution in [2.24, 2.45) is 5.73 Å². The zero-order valence-corrected chi connectivity index (χ0v) is 12.3. The molecule has 1 aromatic carbocycles. The number of rotatable bonds is 4. The lowest BCUT2D eigenvalue weighted by molar-refractivity contribution is 0.624. The fourth-order valence-corrected chi connectivity index (χ4v) is 2.69. The fourth-order valence-electron chi connectivity index (χ4n) is 1.88. The van der Waals surface area contributed by atoms with Crippen molar-refractivity contribution in [2.45, 2.75) is 13.5 Å². The maximum absolute atomic E-state index is 13.8. The number of hydrogen-bond acceptors (Lipinski definition) is 4. The van der Waals surface area contributed by atoms with E-state index in [1.54, 1.807) is 23.5 Å². The van der Waals surface area contributed by atoms with Gasteiger partial charge in [-0.2, -0.15) is 0 Å². The van der Waals surface area contributed by atoms with Crippen LogP contribution in [0.25, 0.3) is 0 Å². The molecule has 0 aliphatic heterocycles. The molecule has 100 valence electrons. The average molecular weight is 295 g/mol. The Bertz CT molecular complexity index is 610. The maximum Gasteiger partial charge on any atom is 0.135 e. The molecule has 0 spiro atoms. The van der Waals surface area contributed by atoms with E-state index in [2.05, 4.69) is 4.98 Å². The first-order valence-electron chi connectivity index (χ1n) is 5.69. The molecule has 1 aromatic heterocycles. The van der Waals surface area contributed by atoms with Crippen molar-refractivity contribution in [1.82, 2.24) is 4.98 Å². The second-order valence-corrected chi connectivity index (χ2v) is 5.71. The lowest BCUT2D eigenvalue weighted by Gasteiger charge is -2.21. The normalized spacial score (nSPS) is 10.5. The number of halogens is 1. The van der Waals surface area contributed by atoms with Crippen LogP contribution in [-0.2, 0) is 6.54 Å². The Hall–Kier alpha value is -1.53. The Balaban J connectivity index is 2.31. The number of aryl methyl sites for hydroxylation is 1. The van der Waals surface area contributed by atoms with Crippen molar-refractivity contribution in [1.29, 1.82) is 0 Å². The van der Waals surface area contributed by atoms with Crippen molar-refractivity contribution in [3.05, 3.63) is 45.7 Å². The van der Waals surface area contributed by atoms with Gasteiger partial charge in [-0.3, -0.25) is 0 Å². The summed E-state index contributed by atoms with van der Waals surface area (Å²) in [7, 11) is 1.87. The van der Waals surface area contributed by atoms with Crippen LogP contribution in [-0.4, -0.2) is 17.0 Å². The second-order valence-electron chi connectivity index (χ2n) is 4.21. The molecule has 0 aliphatic rings. The third-order valence-corrected chi connectivity index (χ3v) is 3.74. The van der Waals surface area contributed by atoms with Gasteiger partial charge in [0.05, 0.1) is 22.8 Å². The van der Waals surface area contributed by atoms with Crippen molar-refractivity contribution >= 4 is 34.2 Å². The molecule has 2 N–H and O–H groups in total. The second kappa shape index (κ2) is 5.63. The summed E-state index contributed by atoms with van der Waals surface area (Å²) in [4.78, 5) is 6.35. The third kappa shape index (κ3) is 3.08. The van der Waals surface area contributed by atoms with Gasteiger partial charge in [0.15, 0.2) is 0 Å². The highest BCUT2D eigenvalue weighted by Gasteiger charge is 2.15. The Morgan fingerprint density at radius 2 is 2.26 bits per heavy atom. The van der Waals surface area contributed by atoms with E-state index in [4.69, 9.17) is 18.0 Å². The molecule has 0 aliphatic carbocycles. The summed E-state index contributed by atoms with van der Waals surface area (Å²) in [5.41, 5.74) is 7.51. The summed E-state index contributed by atoms with van der Waals surface area (Å²) in [5.74, 6) is -0.397. The van der Waals surface area contributed by atoms with Crippen LogP contribution in [0.4, 0.5) is 10.1 Å². The number of nitrogens with two attached hydrogens (primary N) is 1. The molecule has 0 atom stereocenters. The molecule has 0 unspecified atom stereocenters. The van der Waals surface area contributed by atoms with Crippen molar-refractivity contribution in [2.75, 3.05) is 11.9 Å². The number of aromatic nitrogens is 1. The highest BCUT2D eigenvalue weighted by Crippen LogP contribution is 2.24. The van der Waals surface area contributed by atoms with Gasteiger partial charge < -0.3 is 10.6 Å². The molecule has 0 bridgehead atoms. The van der Waals surface area contributed by atoms with Crippen LogP contribution in [0.5, 0.6) is 0 Å². The molecule has 2 rings (SSSR count). The topological polar surface area (TPSA) is 42.2 Å². The van der Waals surface area contributed by atoms with Gasteiger partial charge in [0.2, 0.25) is 0 Å². The van der Waals surface area contributed by atoms with E-state index in [1.807, 2.05) is 24.3 Å². The standard InChI is InChI=1S/C13H14FN3S2/c1-8-16-9(7-19-8)6-17(2)11-5-3-4-10(14)12(11)13(15)18/h3-5,7H,6H2,1-2H3,(H2,15,18). The molecule has 1 heterocycles. The molecule has 0 amide bonds. The van der Waals surface area contributed by atoms with Crippen LogP contribution in [0.2, 0.25) is 0 Å². The van der Waals surface area contributed by atoms with Gasteiger partial charge in [0, 0.05) is 18.1 Å². The summed E-state index contributed by atoms with van der Waals surface area (Å²) in [5, 5.41) is 3.00. The smallest absolute Gasteiger partial charge is 0.135 e. The molecule has 0 saturated heterocycles. The van der Waals surface area contributed by atoms with Gasteiger partial charge >= 0.3 is 0 Å². The Morgan fingerprint density at radius 3 is 2.84 bits per heavy atom. The van der Waals surface area contributed by atoms with Crippen LogP contribution in [0, 0.1) is 12.7 Å². The third-order valence-electron chi connectivity index (χ3n) is 2.72. The molecular formula is C13H14FN3S2.